The van der Waals surface area contributed by atoms with Crippen LogP contribution in [0.2, 0.25) is 0 Å². The maximum Gasteiger partial charge on any atom is 0.300 e. The van der Waals surface area contributed by atoms with Gasteiger partial charge in [0, 0.05) is 39.4 Å². The van der Waals surface area contributed by atoms with E-state index in [1.54, 1.807) is 12.0 Å². The largest absolute Gasteiger partial charge is 0.481 e. The predicted octanol–water partition coefficient (Wildman–Crippen LogP) is 4.39. The Balaban J connectivity index is -0.000000710. The summed E-state index contributed by atoms with van der Waals surface area (Å²) >= 11 is 0. The number of hydrogen-bond donors (Lipinski definition) is 3. The number of aliphatic carboxylic acids is 1. The van der Waals surface area contributed by atoms with Crippen molar-refractivity contribution in [2.75, 3.05) is 46.1 Å². The minimum atomic E-state index is -0.875. The van der Waals surface area contributed by atoms with E-state index in [0.717, 1.165) is 19.8 Å². The highest BCUT2D eigenvalue weighted by molar-refractivity contribution is 7.82. The van der Waals surface area contributed by atoms with E-state index < -0.39 is 23.0 Å². The van der Waals surface area contributed by atoms with Crippen LogP contribution in [-0.4, -0.2) is 101 Å². The zero-order valence-electron chi connectivity index (χ0n) is 29.4. The van der Waals surface area contributed by atoms with E-state index in [-0.39, 0.29) is 35.8 Å². The average Bonchev–Trinajstić information content (AvgIpc) is 3.47. The number of carboxylic acids is 1. The van der Waals surface area contributed by atoms with Crippen LogP contribution in [0.5, 0.6) is 0 Å². The molecule has 0 bridgehead atoms. The Hall–Kier alpha value is -2.31. The number of rotatable bonds is 16. The maximum absolute atomic E-state index is 12.3. The minimum Gasteiger partial charge on any atom is -0.481 e. The van der Waals surface area contributed by atoms with E-state index in [0.29, 0.717) is 38.2 Å². The molecule has 0 aromatic heterocycles. The van der Waals surface area contributed by atoms with Gasteiger partial charge < -0.3 is 25.4 Å². The summed E-state index contributed by atoms with van der Waals surface area (Å²) in [7, 11) is 2.70. The summed E-state index contributed by atoms with van der Waals surface area (Å²) in [5.41, 5.74) is 0.0843. The van der Waals surface area contributed by atoms with Crippen molar-refractivity contribution in [2.45, 2.75) is 113 Å². The zero-order chi connectivity index (χ0) is 34.7. The third kappa shape index (κ3) is 24.1. The first kappa shape index (κ1) is 46.1. The maximum atomic E-state index is 12.3. The number of nitrogens with zero attached hydrogens (tertiary/aromatic N) is 2. The normalized spacial score (nSPS) is 16.3. The first-order valence-electron chi connectivity index (χ1n) is 15.9. The lowest BCUT2D eigenvalue weighted by Gasteiger charge is -2.32. The summed E-state index contributed by atoms with van der Waals surface area (Å²) in [6, 6.07) is -0.410. The van der Waals surface area contributed by atoms with Crippen LogP contribution in [-0.2, 0) is 34.9 Å². The molecule has 3 amide bonds. The first-order chi connectivity index (χ1) is 20.7. The Morgan fingerprint density at radius 1 is 1.18 bits per heavy atom. The quantitative estimate of drug-likeness (QED) is 0.128. The van der Waals surface area contributed by atoms with Crippen LogP contribution in [0.3, 0.4) is 0 Å². The third-order valence-corrected chi connectivity index (χ3v) is 7.86. The van der Waals surface area contributed by atoms with E-state index >= 15 is 0 Å². The predicted molar refractivity (Wildman–Crippen MR) is 180 cm³/mol. The smallest absolute Gasteiger partial charge is 0.300 e. The molecule has 1 aliphatic rings. The molecule has 12 heteroatoms. The fourth-order valence-electron chi connectivity index (χ4n) is 4.10. The van der Waals surface area contributed by atoms with Crippen molar-refractivity contribution in [1.29, 1.82) is 0 Å². The van der Waals surface area contributed by atoms with Crippen molar-refractivity contribution in [2.24, 2.45) is 11.3 Å². The van der Waals surface area contributed by atoms with E-state index in [4.69, 9.17) is 14.6 Å². The van der Waals surface area contributed by atoms with Gasteiger partial charge in [-0.3, -0.25) is 19.2 Å². The molecule has 4 atom stereocenters. The lowest BCUT2D eigenvalue weighted by molar-refractivity contribution is -0.138. The second-order valence-corrected chi connectivity index (χ2v) is 13.3. The Morgan fingerprint density at radius 3 is 2.25 bits per heavy atom. The number of methoxy groups -OCH3 is 1. The van der Waals surface area contributed by atoms with Crippen LogP contribution in [0.4, 0.5) is 0 Å². The van der Waals surface area contributed by atoms with Crippen LogP contribution >= 0.6 is 0 Å². The standard InChI is InChI=1S/C18H31N3O3.C10H23NO2S.C2H4O2.C2H6/c1-3-4-5-6-7-9-15(2)12-20-18(24)16-10-8-11-21(16)17(23)13-19-14-22;1-7-14(12)11(5)8-9(13-6)10(2,3)4;1-2(3)4;1-2/h7,9,14-16H,3-6,8,10-13H2,1-2H3,(H,19,22)(H,20,24);9H,7-8H2,1-6H3;1H3,(H,3,4);1-2H3/b9-7-;;;/t15?,16-;9-,14?;;/m01../s1. The van der Waals surface area contributed by atoms with Gasteiger partial charge in [0.1, 0.15) is 6.04 Å². The topological polar surface area (TPSA) is 145 Å². The van der Waals surface area contributed by atoms with Gasteiger partial charge in [0.05, 0.1) is 23.6 Å². The summed E-state index contributed by atoms with van der Waals surface area (Å²) in [5.74, 6) is -0.198. The van der Waals surface area contributed by atoms with E-state index in [1.165, 1.54) is 19.3 Å². The monoisotopic (exact) mass is 648 g/mol. The van der Waals surface area contributed by atoms with Crippen molar-refractivity contribution >= 4 is 35.2 Å². The van der Waals surface area contributed by atoms with Crippen LogP contribution < -0.4 is 10.6 Å². The summed E-state index contributed by atoms with van der Waals surface area (Å²) in [6.07, 6.45) is 11.2. The fraction of sp³-hybridized carbons (Fsp3) is 0.812. The molecule has 2 unspecified atom stereocenters. The number of allylic oxidation sites excluding steroid dienone is 1. The number of carboxylic acid groups (broad SMARTS) is 1. The van der Waals surface area contributed by atoms with Gasteiger partial charge in [0.25, 0.3) is 5.97 Å². The van der Waals surface area contributed by atoms with E-state index in [9.17, 15) is 18.6 Å². The number of unbranched alkanes of at least 4 members (excludes halogenated alkanes) is 3. The highest BCUT2D eigenvalue weighted by atomic mass is 32.2. The average molecular weight is 649 g/mol. The summed E-state index contributed by atoms with van der Waals surface area (Å²) < 4.78 is 18.7. The van der Waals surface area contributed by atoms with Crippen molar-refractivity contribution in [3.8, 4) is 0 Å². The molecule has 1 fully saturated rings. The molecular weight excluding hydrogens is 584 g/mol. The summed E-state index contributed by atoms with van der Waals surface area (Å²) in [6.45, 7) is 19.5. The Kier molecular flexibility index (Phi) is 29.5. The van der Waals surface area contributed by atoms with Crippen molar-refractivity contribution in [3.63, 3.8) is 0 Å². The molecule has 1 aliphatic heterocycles. The van der Waals surface area contributed by atoms with Crippen molar-refractivity contribution in [1.82, 2.24) is 19.8 Å². The van der Waals surface area contributed by atoms with E-state index in [2.05, 4.69) is 57.4 Å². The molecule has 44 heavy (non-hydrogen) atoms. The molecule has 0 radical (unpaired) electrons. The molecule has 0 aromatic carbocycles. The van der Waals surface area contributed by atoms with Gasteiger partial charge >= 0.3 is 0 Å². The Bertz CT molecular complexity index is 830. The molecule has 1 heterocycles. The van der Waals surface area contributed by atoms with Crippen molar-refractivity contribution < 1.29 is 33.2 Å². The molecule has 260 valence electrons. The van der Waals surface area contributed by atoms with Gasteiger partial charge in [-0.05, 0) is 44.1 Å². The van der Waals surface area contributed by atoms with Gasteiger partial charge in [-0.2, -0.15) is 0 Å². The van der Waals surface area contributed by atoms with Gasteiger partial charge in [-0.1, -0.05) is 80.4 Å². The number of nitrogens with one attached hydrogen (secondary N) is 2. The second kappa shape index (κ2) is 28.2. The van der Waals surface area contributed by atoms with Gasteiger partial charge in [0.2, 0.25) is 18.2 Å². The lowest BCUT2D eigenvalue weighted by Crippen LogP contribution is -2.48. The van der Waals surface area contributed by atoms with Crippen LogP contribution in [0.25, 0.3) is 0 Å². The second-order valence-electron chi connectivity index (χ2n) is 11.4. The molecule has 0 saturated carbocycles. The highest BCUT2D eigenvalue weighted by Crippen LogP contribution is 2.22. The molecule has 3 N–H and O–H groups in total. The SMILES string of the molecule is CC.CC(=O)O.CCCCC/C=C\C(C)CNC(=O)[C@@H]1CCCN1C(=O)CNC=O.CCS(=O)N(C)C[C@@H](OC)C(C)(C)C. The molecule has 1 saturated heterocycles. The Labute approximate surface area is 270 Å². The number of carbonyl (C=O) groups is 4. The zero-order valence-corrected chi connectivity index (χ0v) is 30.3. The first-order valence-corrected chi connectivity index (χ1v) is 17.2. The number of amides is 3. The number of carbonyl (C=O) groups excluding carboxylic acids is 3. The summed E-state index contributed by atoms with van der Waals surface area (Å²) in [5, 5.41) is 12.7. The Morgan fingerprint density at radius 2 is 1.77 bits per heavy atom. The fourth-order valence-corrected chi connectivity index (χ4v) is 4.84. The van der Waals surface area contributed by atoms with Crippen LogP contribution in [0, 0.1) is 11.3 Å². The highest BCUT2D eigenvalue weighted by Gasteiger charge is 2.33. The third-order valence-electron chi connectivity index (χ3n) is 6.52. The number of likely N-dealkylation sites (tertiary alicyclic amines) is 1. The molecule has 1 rings (SSSR count). The minimum absolute atomic E-state index is 0.0514. The number of likely N-dealkylation sites (N-methyl/N-ethyl adjacent to an activating group) is 1. The van der Waals surface area contributed by atoms with Gasteiger partial charge in [-0.15, -0.1) is 0 Å². The molecule has 11 nitrogen and oxygen atoms in total. The molecule has 0 aromatic rings. The molecular formula is C32H64N4O7S. The lowest BCUT2D eigenvalue weighted by atomic mass is 9.89. The van der Waals surface area contributed by atoms with Crippen LogP contribution in [0.1, 0.15) is 101 Å². The molecule has 0 aliphatic carbocycles. The van der Waals surface area contributed by atoms with Gasteiger partial charge in [-0.25, -0.2) is 8.51 Å². The van der Waals surface area contributed by atoms with Crippen LogP contribution in [0.15, 0.2) is 12.2 Å². The number of hydrogen-bond acceptors (Lipinski definition) is 6. The molecule has 0 spiro atoms. The van der Waals surface area contributed by atoms with E-state index in [1.807, 2.05) is 32.1 Å². The summed E-state index contributed by atoms with van der Waals surface area (Å²) in [4.78, 5) is 45.2. The van der Waals surface area contributed by atoms with Gasteiger partial charge in [0.15, 0.2) is 0 Å². The number of ether oxygens (including phenoxy) is 1. The van der Waals surface area contributed by atoms with Crippen molar-refractivity contribution in [3.05, 3.63) is 12.2 Å².